The fourth-order valence-corrected chi connectivity index (χ4v) is 4.31. The second-order valence-electron chi connectivity index (χ2n) is 6.32. The van der Waals surface area contributed by atoms with Crippen LogP contribution in [0.15, 0.2) is 65.6 Å². The molecule has 0 atom stereocenters. The lowest BCUT2D eigenvalue weighted by Gasteiger charge is -2.05. The van der Waals surface area contributed by atoms with Gasteiger partial charge in [0.15, 0.2) is 5.13 Å². The van der Waals surface area contributed by atoms with E-state index >= 15 is 0 Å². The van der Waals surface area contributed by atoms with Crippen LogP contribution in [-0.4, -0.2) is 21.4 Å². The summed E-state index contributed by atoms with van der Waals surface area (Å²) in [5.41, 5.74) is 3.62. The second kappa shape index (κ2) is 8.42. The van der Waals surface area contributed by atoms with E-state index < -0.39 is 0 Å². The molecule has 3 aromatic heterocycles. The Morgan fingerprint density at radius 1 is 1.07 bits per heavy atom. The Labute approximate surface area is 175 Å². The molecule has 0 unspecified atom stereocenters. The number of nitrogens with zero attached hydrogens (tertiary/aromatic N) is 2. The topological polar surface area (TPSA) is 76.0 Å². The number of amides is 2. The van der Waals surface area contributed by atoms with Crippen LogP contribution >= 0.6 is 22.7 Å². The van der Waals surface area contributed by atoms with Crippen molar-refractivity contribution >= 4 is 39.6 Å². The minimum Gasteiger partial charge on any atom is -0.352 e. The zero-order valence-corrected chi connectivity index (χ0v) is 17.2. The highest BCUT2D eigenvalue weighted by Crippen LogP contribution is 2.27. The Kier molecular flexibility index (Phi) is 5.55. The maximum Gasteiger partial charge on any atom is 0.269 e. The van der Waals surface area contributed by atoms with E-state index in [-0.39, 0.29) is 11.8 Å². The van der Waals surface area contributed by atoms with E-state index in [9.17, 15) is 9.59 Å². The molecular formula is C21H18N4O2S2. The molecule has 0 fully saturated rings. The average Bonchev–Trinajstić information content (AvgIpc) is 3.47. The molecular weight excluding hydrogens is 404 g/mol. The summed E-state index contributed by atoms with van der Waals surface area (Å²) in [7, 11) is 0. The molecule has 3 heterocycles. The van der Waals surface area contributed by atoms with Gasteiger partial charge in [0.2, 0.25) is 5.91 Å². The number of carbonyl (C=O) groups excluding carboxylic acids is 2. The standard InChI is InChI=1S/C21H18N4O2S2/c1-14(26)22-12-15-4-6-16(7-5-15)17-13-29-21(23-17)24-20(27)19-18(8-11-28-19)25-9-2-3-10-25/h2-11,13H,12H2,1H3,(H,22,26)(H,23,24,27). The molecule has 0 bridgehead atoms. The van der Waals surface area contributed by atoms with Crippen LogP contribution < -0.4 is 10.6 Å². The summed E-state index contributed by atoms with van der Waals surface area (Å²) < 4.78 is 1.92. The highest BCUT2D eigenvalue weighted by Gasteiger charge is 2.16. The van der Waals surface area contributed by atoms with Crippen LogP contribution in [0.2, 0.25) is 0 Å². The number of aromatic nitrogens is 2. The third kappa shape index (κ3) is 4.44. The predicted octanol–water partition coefficient (Wildman–Crippen LogP) is 4.55. The van der Waals surface area contributed by atoms with E-state index in [0.717, 1.165) is 22.5 Å². The highest BCUT2D eigenvalue weighted by molar-refractivity contribution is 7.15. The maximum absolute atomic E-state index is 12.7. The zero-order valence-electron chi connectivity index (χ0n) is 15.6. The zero-order chi connectivity index (χ0) is 20.2. The lowest BCUT2D eigenvalue weighted by molar-refractivity contribution is -0.119. The van der Waals surface area contributed by atoms with Gasteiger partial charge in [0.05, 0.1) is 11.4 Å². The predicted molar refractivity (Wildman–Crippen MR) is 117 cm³/mol. The summed E-state index contributed by atoms with van der Waals surface area (Å²) in [5.74, 6) is -0.227. The first kappa shape index (κ1) is 19.1. The van der Waals surface area contributed by atoms with Crippen molar-refractivity contribution in [2.75, 3.05) is 5.32 Å². The maximum atomic E-state index is 12.7. The summed E-state index contributed by atoms with van der Waals surface area (Å²) >= 11 is 2.79. The summed E-state index contributed by atoms with van der Waals surface area (Å²) in [4.78, 5) is 28.9. The van der Waals surface area contributed by atoms with Gasteiger partial charge in [-0.05, 0) is 29.1 Å². The van der Waals surface area contributed by atoms with Crippen molar-refractivity contribution in [2.45, 2.75) is 13.5 Å². The Morgan fingerprint density at radius 3 is 2.55 bits per heavy atom. The van der Waals surface area contributed by atoms with Gasteiger partial charge in [0.1, 0.15) is 4.88 Å². The van der Waals surface area contributed by atoms with Gasteiger partial charge in [0, 0.05) is 36.8 Å². The van der Waals surface area contributed by atoms with Gasteiger partial charge >= 0.3 is 0 Å². The third-order valence-corrected chi connectivity index (χ3v) is 5.91. The Bertz CT molecular complexity index is 1130. The molecule has 6 nitrogen and oxygen atoms in total. The van der Waals surface area contributed by atoms with Crippen molar-refractivity contribution in [3.8, 4) is 16.9 Å². The van der Waals surface area contributed by atoms with E-state index in [1.807, 2.05) is 70.2 Å². The first-order chi connectivity index (χ1) is 14.1. The Balaban J connectivity index is 1.45. The molecule has 8 heteroatoms. The molecule has 0 aliphatic rings. The number of anilines is 1. The lowest BCUT2D eigenvalue weighted by atomic mass is 10.1. The minimum atomic E-state index is -0.171. The van der Waals surface area contributed by atoms with Crippen molar-refractivity contribution in [2.24, 2.45) is 0 Å². The number of benzene rings is 1. The summed E-state index contributed by atoms with van der Waals surface area (Å²) in [6, 6.07) is 13.6. The second-order valence-corrected chi connectivity index (χ2v) is 8.10. The van der Waals surface area contributed by atoms with Gasteiger partial charge in [0.25, 0.3) is 5.91 Å². The van der Waals surface area contributed by atoms with Gasteiger partial charge in [-0.25, -0.2) is 4.98 Å². The van der Waals surface area contributed by atoms with E-state index in [0.29, 0.717) is 16.6 Å². The lowest BCUT2D eigenvalue weighted by Crippen LogP contribution is -2.18. The van der Waals surface area contributed by atoms with Crippen LogP contribution in [0.1, 0.15) is 22.2 Å². The number of hydrogen-bond donors (Lipinski definition) is 2. The first-order valence-electron chi connectivity index (χ1n) is 8.91. The molecule has 0 radical (unpaired) electrons. The van der Waals surface area contributed by atoms with Gasteiger partial charge < -0.3 is 9.88 Å². The van der Waals surface area contributed by atoms with Crippen molar-refractivity contribution < 1.29 is 9.59 Å². The molecule has 29 heavy (non-hydrogen) atoms. The van der Waals surface area contributed by atoms with E-state index in [1.165, 1.54) is 29.6 Å². The van der Waals surface area contributed by atoms with Crippen LogP contribution in [-0.2, 0) is 11.3 Å². The third-order valence-electron chi connectivity index (χ3n) is 4.25. The fraction of sp³-hybridized carbons (Fsp3) is 0.0952. The van der Waals surface area contributed by atoms with Crippen molar-refractivity contribution in [1.29, 1.82) is 0 Å². The summed E-state index contributed by atoms with van der Waals surface area (Å²) in [6.07, 6.45) is 3.83. The molecule has 2 amide bonds. The molecule has 4 rings (SSSR count). The van der Waals surface area contributed by atoms with Crippen LogP contribution in [0.5, 0.6) is 0 Å². The number of rotatable bonds is 6. The fourth-order valence-electron chi connectivity index (χ4n) is 2.81. The number of nitrogens with one attached hydrogen (secondary N) is 2. The molecule has 146 valence electrons. The van der Waals surface area contributed by atoms with Crippen molar-refractivity contribution in [3.05, 3.63) is 76.1 Å². The van der Waals surface area contributed by atoms with E-state index in [2.05, 4.69) is 15.6 Å². The Morgan fingerprint density at radius 2 is 1.83 bits per heavy atom. The number of hydrogen-bond acceptors (Lipinski definition) is 5. The smallest absolute Gasteiger partial charge is 0.269 e. The molecule has 0 saturated heterocycles. The number of thiophene rings is 1. The van der Waals surface area contributed by atoms with Crippen LogP contribution in [0.4, 0.5) is 5.13 Å². The SMILES string of the molecule is CC(=O)NCc1ccc(-c2csc(NC(=O)c3sccc3-n3cccc3)n2)cc1. The van der Waals surface area contributed by atoms with Crippen molar-refractivity contribution in [3.63, 3.8) is 0 Å². The number of thiazole rings is 1. The van der Waals surface area contributed by atoms with Crippen LogP contribution in [0.3, 0.4) is 0 Å². The quantitative estimate of drug-likeness (QED) is 0.479. The molecule has 0 aliphatic heterocycles. The number of carbonyl (C=O) groups is 2. The van der Waals surface area contributed by atoms with Gasteiger partial charge in [-0.3, -0.25) is 14.9 Å². The van der Waals surface area contributed by atoms with Crippen LogP contribution in [0.25, 0.3) is 16.9 Å². The normalized spacial score (nSPS) is 10.7. The van der Waals surface area contributed by atoms with Crippen molar-refractivity contribution in [1.82, 2.24) is 14.9 Å². The molecule has 1 aromatic carbocycles. The molecule has 0 saturated carbocycles. The monoisotopic (exact) mass is 422 g/mol. The molecule has 0 aliphatic carbocycles. The summed E-state index contributed by atoms with van der Waals surface area (Å²) in [5, 5.41) is 10.0. The molecule has 4 aromatic rings. The molecule has 2 N–H and O–H groups in total. The summed E-state index contributed by atoms with van der Waals surface area (Å²) in [6.45, 7) is 2.00. The van der Waals surface area contributed by atoms with Gasteiger partial charge in [-0.15, -0.1) is 22.7 Å². The van der Waals surface area contributed by atoms with E-state index in [1.54, 1.807) is 0 Å². The van der Waals surface area contributed by atoms with E-state index in [4.69, 9.17) is 0 Å². The minimum absolute atomic E-state index is 0.0559. The largest absolute Gasteiger partial charge is 0.352 e. The first-order valence-corrected chi connectivity index (χ1v) is 10.7. The Hall–Kier alpha value is -3.23. The molecule has 0 spiro atoms. The van der Waals surface area contributed by atoms with Gasteiger partial charge in [-0.2, -0.15) is 0 Å². The van der Waals surface area contributed by atoms with Crippen LogP contribution in [0, 0.1) is 0 Å². The highest BCUT2D eigenvalue weighted by atomic mass is 32.1. The average molecular weight is 423 g/mol. The van der Waals surface area contributed by atoms with Gasteiger partial charge in [-0.1, -0.05) is 24.3 Å².